The second-order valence-corrected chi connectivity index (χ2v) is 5.72. The van der Waals surface area contributed by atoms with E-state index in [1.54, 1.807) is 18.2 Å². The van der Waals surface area contributed by atoms with Crippen LogP contribution in [0.15, 0.2) is 54.6 Å². The molecule has 0 aliphatic carbocycles. The molecule has 0 unspecified atom stereocenters. The van der Waals surface area contributed by atoms with Crippen LogP contribution in [0, 0.1) is 17.0 Å². The van der Waals surface area contributed by atoms with Gasteiger partial charge in [0, 0.05) is 18.2 Å². The number of ether oxygens (including phenoxy) is 1. The molecule has 25 heavy (non-hydrogen) atoms. The molecule has 0 aliphatic rings. The van der Waals surface area contributed by atoms with Crippen molar-refractivity contribution < 1.29 is 14.5 Å². The Kier molecular flexibility index (Phi) is 6.28. The van der Waals surface area contributed by atoms with E-state index in [0.717, 1.165) is 11.3 Å². The summed E-state index contributed by atoms with van der Waals surface area (Å²) in [5.41, 5.74) is 1.89. The Hall–Kier alpha value is -3.15. The van der Waals surface area contributed by atoms with Crippen molar-refractivity contribution in [1.82, 2.24) is 5.32 Å². The van der Waals surface area contributed by atoms with Crippen LogP contribution in [0.25, 0.3) is 6.08 Å². The Balaban J connectivity index is 1.80. The maximum Gasteiger partial charge on any atom is 0.269 e. The molecule has 0 bridgehead atoms. The number of hydrogen-bond acceptors (Lipinski definition) is 4. The average Bonchev–Trinajstić information content (AvgIpc) is 2.60. The first-order valence-corrected chi connectivity index (χ1v) is 7.86. The van der Waals surface area contributed by atoms with Crippen LogP contribution in [0.4, 0.5) is 5.69 Å². The Bertz CT molecular complexity index is 752. The number of nitro groups is 1. The number of hydrogen-bond donors (Lipinski definition) is 1. The van der Waals surface area contributed by atoms with E-state index in [0.29, 0.717) is 12.2 Å². The molecule has 0 fully saturated rings. The summed E-state index contributed by atoms with van der Waals surface area (Å²) in [4.78, 5) is 22.0. The lowest BCUT2D eigenvalue weighted by Crippen LogP contribution is -2.35. The third kappa shape index (κ3) is 6.10. The molecule has 0 spiro atoms. The number of aryl methyl sites for hydroxylation is 1. The van der Waals surface area contributed by atoms with Crippen LogP contribution >= 0.6 is 0 Å². The van der Waals surface area contributed by atoms with Gasteiger partial charge in [0.15, 0.2) is 0 Å². The first-order valence-electron chi connectivity index (χ1n) is 7.86. The highest BCUT2D eigenvalue weighted by molar-refractivity contribution is 5.91. The van der Waals surface area contributed by atoms with Crippen LogP contribution in [0.5, 0.6) is 5.75 Å². The van der Waals surface area contributed by atoms with Gasteiger partial charge in [0.05, 0.1) is 11.0 Å². The lowest BCUT2D eigenvalue weighted by Gasteiger charge is -2.14. The maximum atomic E-state index is 11.9. The van der Waals surface area contributed by atoms with Crippen LogP contribution in [0.1, 0.15) is 18.1 Å². The van der Waals surface area contributed by atoms with E-state index in [1.807, 2.05) is 38.1 Å². The molecule has 0 saturated carbocycles. The topological polar surface area (TPSA) is 81.5 Å². The Morgan fingerprint density at radius 3 is 2.44 bits per heavy atom. The zero-order chi connectivity index (χ0) is 18.2. The molecule has 2 aromatic carbocycles. The van der Waals surface area contributed by atoms with Gasteiger partial charge in [-0.15, -0.1) is 0 Å². The monoisotopic (exact) mass is 340 g/mol. The Morgan fingerprint density at radius 1 is 1.20 bits per heavy atom. The van der Waals surface area contributed by atoms with Gasteiger partial charge in [0.1, 0.15) is 12.4 Å². The summed E-state index contributed by atoms with van der Waals surface area (Å²) < 4.78 is 5.62. The summed E-state index contributed by atoms with van der Waals surface area (Å²) in [6.07, 6.45) is 3.00. The van der Waals surface area contributed by atoms with Crippen LogP contribution in [0.2, 0.25) is 0 Å². The molecule has 6 nitrogen and oxygen atoms in total. The normalized spacial score (nSPS) is 11.9. The van der Waals surface area contributed by atoms with Gasteiger partial charge in [0.25, 0.3) is 5.69 Å². The number of nitrogens with one attached hydrogen (secondary N) is 1. The van der Waals surface area contributed by atoms with Crippen molar-refractivity contribution in [3.63, 3.8) is 0 Å². The van der Waals surface area contributed by atoms with E-state index in [1.165, 1.54) is 18.2 Å². The number of nitro benzene ring substituents is 1. The molecule has 0 heterocycles. The standard InChI is InChI=1S/C19H20N2O4/c1-14-3-10-18(11-4-14)25-13-15(2)20-19(22)12-7-16-5-8-17(9-6-16)21(23)24/h3-12,15H,13H2,1-2H3,(H,20,22)/b12-7+/t15-/m0/s1. The van der Waals surface area contributed by atoms with E-state index in [4.69, 9.17) is 4.74 Å². The van der Waals surface area contributed by atoms with Crippen molar-refractivity contribution in [1.29, 1.82) is 0 Å². The van der Waals surface area contributed by atoms with Gasteiger partial charge in [-0.2, -0.15) is 0 Å². The van der Waals surface area contributed by atoms with Gasteiger partial charge in [-0.3, -0.25) is 14.9 Å². The molecule has 2 rings (SSSR count). The fraction of sp³-hybridized carbons (Fsp3) is 0.211. The van der Waals surface area contributed by atoms with Gasteiger partial charge >= 0.3 is 0 Å². The van der Waals surface area contributed by atoms with Crippen LogP contribution in [-0.4, -0.2) is 23.5 Å². The molecule has 1 amide bonds. The first kappa shape index (κ1) is 18.2. The fourth-order valence-corrected chi connectivity index (χ4v) is 2.07. The number of non-ortho nitro benzene ring substituents is 1. The quantitative estimate of drug-likeness (QED) is 0.475. The molecule has 0 aromatic heterocycles. The highest BCUT2D eigenvalue weighted by Gasteiger charge is 2.06. The molecule has 0 saturated heterocycles. The predicted molar refractivity (Wildman–Crippen MR) is 96.4 cm³/mol. The number of amides is 1. The number of benzene rings is 2. The second kappa shape index (κ2) is 8.63. The fourth-order valence-electron chi connectivity index (χ4n) is 2.07. The number of nitrogens with zero attached hydrogens (tertiary/aromatic N) is 1. The van der Waals surface area contributed by atoms with Crippen molar-refractivity contribution in [2.45, 2.75) is 19.9 Å². The molecule has 6 heteroatoms. The van der Waals surface area contributed by atoms with Gasteiger partial charge in [0.2, 0.25) is 5.91 Å². The predicted octanol–water partition coefficient (Wildman–Crippen LogP) is 3.50. The van der Waals surface area contributed by atoms with Gasteiger partial charge in [-0.25, -0.2) is 0 Å². The average molecular weight is 340 g/mol. The summed E-state index contributed by atoms with van der Waals surface area (Å²) in [5.74, 6) is 0.506. The van der Waals surface area contributed by atoms with Crippen LogP contribution in [0.3, 0.4) is 0 Å². The Labute approximate surface area is 146 Å². The molecular formula is C19H20N2O4. The zero-order valence-electron chi connectivity index (χ0n) is 14.1. The minimum Gasteiger partial charge on any atom is -0.491 e. The summed E-state index contributed by atoms with van der Waals surface area (Å²) in [7, 11) is 0. The van der Waals surface area contributed by atoms with Crippen LogP contribution in [-0.2, 0) is 4.79 Å². The summed E-state index contributed by atoms with van der Waals surface area (Å²) >= 11 is 0. The van der Waals surface area contributed by atoms with Crippen molar-refractivity contribution in [3.05, 3.63) is 75.8 Å². The molecule has 1 atom stereocenters. The van der Waals surface area contributed by atoms with E-state index >= 15 is 0 Å². The van der Waals surface area contributed by atoms with Crippen molar-refractivity contribution in [2.24, 2.45) is 0 Å². The molecular weight excluding hydrogens is 320 g/mol. The van der Waals surface area contributed by atoms with Crippen LogP contribution < -0.4 is 10.1 Å². The third-order valence-electron chi connectivity index (χ3n) is 3.44. The third-order valence-corrected chi connectivity index (χ3v) is 3.44. The minimum atomic E-state index is -0.462. The van der Waals surface area contributed by atoms with Crippen molar-refractivity contribution >= 4 is 17.7 Å². The molecule has 0 aliphatic heterocycles. The Morgan fingerprint density at radius 2 is 1.84 bits per heavy atom. The zero-order valence-corrected chi connectivity index (χ0v) is 14.1. The lowest BCUT2D eigenvalue weighted by atomic mass is 10.2. The van der Waals surface area contributed by atoms with E-state index in [-0.39, 0.29) is 17.6 Å². The number of carbonyl (C=O) groups excluding carboxylic acids is 1. The van der Waals surface area contributed by atoms with E-state index in [2.05, 4.69) is 5.32 Å². The smallest absolute Gasteiger partial charge is 0.269 e. The second-order valence-electron chi connectivity index (χ2n) is 5.72. The van der Waals surface area contributed by atoms with E-state index in [9.17, 15) is 14.9 Å². The molecule has 130 valence electrons. The number of rotatable bonds is 7. The summed E-state index contributed by atoms with van der Waals surface area (Å²) in [6, 6.07) is 13.5. The van der Waals surface area contributed by atoms with Crippen molar-refractivity contribution in [3.8, 4) is 5.75 Å². The lowest BCUT2D eigenvalue weighted by molar-refractivity contribution is -0.384. The maximum absolute atomic E-state index is 11.9. The van der Waals surface area contributed by atoms with E-state index < -0.39 is 4.92 Å². The molecule has 0 radical (unpaired) electrons. The molecule has 1 N–H and O–H groups in total. The highest BCUT2D eigenvalue weighted by atomic mass is 16.6. The largest absolute Gasteiger partial charge is 0.491 e. The SMILES string of the molecule is Cc1ccc(OC[C@H](C)NC(=O)/C=C/c2ccc([N+](=O)[O-])cc2)cc1. The van der Waals surface area contributed by atoms with Gasteiger partial charge in [-0.05, 0) is 49.8 Å². The van der Waals surface area contributed by atoms with Gasteiger partial charge in [-0.1, -0.05) is 17.7 Å². The summed E-state index contributed by atoms with van der Waals surface area (Å²) in [6.45, 7) is 4.22. The van der Waals surface area contributed by atoms with Crippen molar-refractivity contribution in [2.75, 3.05) is 6.61 Å². The summed E-state index contributed by atoms with van der Waals surface area (Å²) in [5, 5.41) is 13.4. The first-order chi connectivity index (χ1) is 11.9. The van der Waals surface area contributed by atoms with Gasteiger partial charge < -0.3 is 10.1 Å². The number of carbonyl (C=O) groups is 1. The highest BCUT2D eigenvalue weighted by Crippen LogP contribution is 2.13. The minimum absolute atomic E-state index is 0.0171. The molecule has 2 aromatic rings.